The van der Waals surface area contributed by atoms with Gasteiger partial charge in [-0.25, -0.2) is 0 Å². The first-order valence-corrected chi connectivity index (χ1v) is 11.5. The molecule has 0 spiro atoms. The van der Waals surface area contributed by atoms with Gasteiger partial charge in [0.05, 0.1) is 13.2 Å². The van der Waals surface area contributed by atoms with E-state index in [1.807, 2.05) is 42.5 Å². The Morgan fingerprint density at radius 1 is 1.00 bits per heavy atom. The average Bonchev–Trinajstić information content (AvgIpc) is 2.85. The van der Waals surface area contributed by atoms with Gasteiger partial charge < -0.3 is 23.7 Å². The summed E-state index contributed by atoms with van der Waals surface area (Å²) in [5, 5.41) is 0. The van der Waals surface area contributed by atoms with Crippen LogP contribution in [0, 0.1) is 0 Å². The number of anilines is 1. The van der Waals surface area contributed by atoms with Crippen LogP contribution in [-0.4, -0.2) is 56.2 Å². The van der Waals surface area contributed by atoms with E-state index in [1.165, 1.54) is 13.8 Å². The third kappa shape index (κ3) is 5.63. The van der Waals surface area contributed by atoms with Crippen LogP contribution in [-0.2, 0) is 33.3 Å². The van der Waals surface area contributed by atoms with Crippen LogP contribution in [0.25, 0.3) is 0 Å². The topological polar surface area (TPSA) is 101 Å². The highest BCUT2D eigenvalue weighted by Crippen LogP contribution is 2.42. The van der Waals surface area contributed by atoms with Crippen LogP contribution in [0.2, 0.25) is 0 Å². The van der Waals surface area contributed by atoms with Gasteiger partial charge in [0, 0.05) is 26.0 Å². The number of methoxy groups -OCH3 is 1. The van der Waals surface area contributed by atoms with E-state index < -0.39 is 36.5 Å². The first-order chi connectivity index (χ1) is 16.9. The highest BCUT2D eigenvalue weighted by Gasteiger charge is 2.51. The molecule has 9 heteroatoms. The minimum atomic E-state index is -0.760. The van der Waals surface area contributed by atoms with Gasteiger partial charge >= 0.3 is 11.9 Å². The lowest BCUT2D eigenvalue weighted by Crippen LogP contribution is -2.62. The highest BCUT2D eigenvalue weighted by molar-refractivity contribution is 6.05. The van der Waals surface area contributed by atoms with Crippen molar-refractivity contribution < 1.29 is 38.1 Å². The first kappa shape index (κ1) is 24.7. The second-order valence-corrected chi connectivity index (χ2v) is 8.45. The third-order valence-electron chi connectivity index (χ3n) is 6.03. The van der Waals surface area contributed by atoms with Crippen molar-refractivity contribution >= 4 is 23.5 Å². The van der Waals surface area contributed by atoms with E-state index in [4.69, 9.17) is 23.7 Å². The van der Waals surface area contributed by atoms with E-state index in [0.717, 1.165) is 11.3 Å². The predicted molar refractivity (Wildman–Crippen MR) is 125 cm³/mol. The maximum atomic E-state index is 13.3. The summed E-state index contributed by atoms with van der Waals surface area (Å²) >= 11 is 0. The molecule has 0 aromatic heterocycles. The summed E-state index contributed by atoms with van der Waals surface area (Å²) in [5.41, 5.74) is 1.66. The number of hydrogen-bond donors (Lipinski definition) is 0. The molecule has 0 radical (unpaired) electrons. The van der Waals surface area contributed by atoms with Crippen molar-refractivity contribution in [1.29, 1.82) is 0 Å². The van der Waals surface area contributed by atoms with Crippen molar-refractivity contribution in [3.8, 4) is 5.75 Å². The summed E-state index contributed by atoms with van der Waals surface area (Å²) in [6.07, 6.45) is -1.86. The highest BCUT2D eigenvalue weighted by atomic mass is 16.7. The van der Waals surface area contributed by atoms with Gasteiger partial charge in [0.1, 0.15) is 24.6 Å². The van der Waals surface area contributed by atoms with Crippen molar-refractivity contribution in [3.63, 3.8) is 0 Å². The van der Waals surface area contributed by atoms with Crippen molar-refractivity contribution in [1.82, 2.24) is 0 Å². The molecule has 0 bridgehead atoms. The predicted octanol–water partition coefficient (Wildman–Crippen LogP) is 3.17. The number of hydrogen-bond acceptors (Lipinski definition) is 8. The Morgan fingerprint density at radius 2 is 1.71 bits per heavy atom. The van der Waals surface area contributed by atoms with Crippen molar-refractivity contribution in [2.75, 3.05) is 18.6 Å². The summed E-state index contributed by atoms with van der Waals surface area (Å²) in [6, 6.07) is 16.6. The second-order valence-electron chi connectivity index (χ2n) is 8.45. The zero-order chi connectivity index (χ0) is 24.9. The first-order valence-electron chi connectivity index (χ1n) is 11.5. The molecule has 186 valence electrons. The van der Waals surface area contributed by atoms with Gasteiger partial charge in [-0.1, -0.05) is 30.3 Å². The van der Waals surface area contributed by atoms with Gasteiger partial charge in [-0.15, -0.1) is 0 Å². The molecule has 2 aromatic rings. The molecule has 35 heavy (non-hydrogen) atoms. The summed E-state index contributed by atoms with van der Waals surface area (Å²) in [5.74, 6) is -0.403. The fourth-order valence-corrected chi connectivity index (χ4v) is 4.39. The zero-order valence-corrected chi connectivity index (χ0v) is 19.9. The van der Waals surface area contributed by atoms with Crippen LogP contribution in [0.4, 0.5) is 5.69 Å². The molecule has 0 N–H and O–H groups in total. The largest absolute Gasteiger partial charge is 0.497 e. The Balaban J connectivity index is 1.51. The fourth-order valence-electron chi connectivity index (χ4n) is 4.39. The normalized spacial score (nSPS) is 26.0. The maximum Gasteiger partial charge on any atom is 0.302 e. The van der Waals surface area contributed by atoms with Crippen molar-refractivity contribution in [3.05, 3.63) is 60.2 Å². The molecule has 2 fully saturated rings. The lowest BCUT2D eigenvalue weighted by molar-refractivity contribution is -0.255. The minimum Gasteiger partial charge on any atom is -0.497 e. The lowest BCUT2D eigenvalue weighted by Gasteiger charge is -2.48. The number of carbonyl (C=O) groups excluding carboxylic acids is 3. The van der Waals surface area contributed by atoms with Crippen LogP contribution in [0.3, 0.4) is 0 Å². The van der Waals surface area contributed by atoms with E-state index in [0.29, 0.717) is 18.6 Å². The number of rotatable bonds is 8. The Morgan fingerprint density at radius 3 is 2.34 bits per heavy atom. The molecule has 2 saturated heterocycles. The second kappa shape index (κ2) is 10.9. The van der Waals surface area contributed by atoms with E-state index in [2.05, 4.69) is 0 Å². The summed E-state index contributed by atoms with van der Waals surface area (Å²) in [4.78, 5) is 37.7. The molecule has 0 unspecified atom stereocenters. The number of ether oxygens (including phenoxy) is 5. The smallest absolute Gasteiger partial charge is 0.302 e. The van der Waals surface area contributed by atoms with Gasteiger partial charge in [0.2, 0.25) is 0 Å². The van der Waals surface area contributed by atoms with E-state index in [1.54, 1.807) is 24.1 Å². The fraction of sp³-hybridized carbons (Fsp3) is 0.423. The van der Waals surface area contributed by atoms with Crippen LogP contribution in [0.1, 0.15) is 38.3 Å². The molecule has 1 amide bonds. The quantitative estimate of drug-likeness (QED) is 0.417. The molecule has 5 atom stereocenters. The average molecular weight is 484 g/mol. The third-order valence-corrected chi connectivity index (χ3v) is 6.03. The molecule has 2 aliphatic rings. The van der Waals surface area contributed by atoms with E-state index >= 15 is 0 Å². The summed E-state index contributed by atoms with van der Waals surface area (Å²) in [6.45, 7) is 2.53. The van der Waals surface area contributed by atoms with Gasteiger partial charge in [-0.05, 0) is 36.2 Å². The molecular weight excluding hydrogens is 454 g/mol. The van der Waals surface area contributed by atoms with Gasteiger partial charge in [-0.2, -0.15) is 0 Å². The maximum absolute atomic E-state index is 13.3. The SMILES string of the molecule is COc1ccc(N2C(=O)[C@H](O[C@@H]3CC[C@H](OC(C)=O)[C@@H](COC(C)=O)O3)[C@@H]2c2ccccc2)cc1. The summed E-state index contributed by atoms with van der Waals surface area (Å²) < 4.78 is 27.8. The number of amides is 1. The molecule has 2 aliphatic heterocycles. The molecule has 4 rings (SSSR count). The van der Waals surface area contributed by atoms with E-state index in [9.17, 15) is 14.4 Å². The number of esters is 2. The molecule has 0 saturated carbocycles. The lowest BCUT2D eigenvalue weighted by atomic mass is 9.89. The van der Waals surface area contributed by atoms with E-state index in [-0.39, 0.29) is 18.6 Å². The number of nitrogens with zero attached hydrogens (tertiary/aromatic N) is 1. The van der Waals surface area contributed by atoms with Gasteiger partial charge in [0.25, 0.3) is 5.91 Å². The molecule has 2 heterocycles. The Hall–Kier alpha value is -3.43. The van der Waals surface area contributed by atoms with Crippen LogP contribution in [0.5, 0.6) is 5.75 Å². The Kier molecular flexibility index (Phi) is 7.67. The van der Waals surface area contributed by atoms with Crippen LogP contribution >= 0.6 is 0 Å². The number of carbonyl (C=O) groups is 3. The Bertz CT molecular complexity index is 1040. The zero-order valence-electron chi connectivity index (χ0n) is 19.9. The molecule has 9 nitrogen and oxygen atoms in total. The van der Waals surface area contributed by atoms with Crippen LogP contribution in [0.15, 0.2) is 54.6 Å². The van der Waals surface area contributed by atoms with Gasteiger partial charge in [-0.3, -0.25) is 19.3 Å². The monoisotopic (exact) mass is 483 g/mol. The van der Waals surface area contributed by atoms with Crippen molar-refractivity contribution in [2.24, 2.45) is 0 Å². The molecule has 2 aromatic carbocycles. The van der Waals surface area contributed by atoms with Crippen molar-refractivity contribution in [2.45, 2.75) is 57.3 Å². The number of β-lactam (4-membered cyclic amide) rings is 1. The van der Waals surface area contributed by atoms with Gasteiger partial charge in [0.15, 0.2) is 12.4 Å². The summed E-state index contributed by atoms with van der Waals surface area (Å²) in [7, 11) is 1.59. The van der Waals surface area contributed by atoms with Crippen LogP contribution < -0.4 is 9.64 Å². The molecule has 0 aliphatic carbocycles. The number of benzene rings is 2. The standard InChI is InChI=1S/C26H29NO8/c1-16(28)32-15-22-21(33-17(2)29)13-14-23(34-22)35-25-24(18-7-5-4-6-8-18)27(26(25)30)19-9-11-20(31-3)12-10-19/h4-12,21-25H,13-15H2,1-3H3/t21-,22+,23+,24-,25+/m0/s1. The Labute approximate surface area is 203 Å². The minimum absolute atomic E-state index is 0.0775. The molecular formula is C26H29NO8.